The number of hydrogen-bond acceptors (Lipinski definition) is 5. The molecule has 0 saturated carbocycles. The first kappa shape index (κ1) is 18.0. The lowest BCUT2D eigenvalue weighted by atomic mass is 10.1. The molecule has 2 aromatic rings. The first-order valence-corrected chi connectivity index (χ1v) is 8.83. The van der Waals surface area contributed by atoms with Crippen LogP contribution in [0.25, 0.3) is 0 Å². The van der Waals surface area contributed by atoms with Crippen LogP contribution in [0.5, 0.6) is 11.6 Å². The van der Waals surface area contributed by atoms with Crippen LogP contribution in [0.1, 0.15) is 18.4 Å². The number of rotatable bonds is 6. The molecular weight excluding hydrogens is 332 g/mol. The molecule has 1 aliphatic rings. The molecule has 1 N–H and O–H groups in total. The summed E-state index contributed by atoms with van der Waals surface area (Å²) in [6, 6.07) is 9.62. The summed E-state index contributed by atoms with van der Waals surface area (Å²) in [4.78, 5) is 22.1. The molecule has 3 rings (SSSR count). The van der Waals surface area contributed by atoms with Crippen molar-refractivity contribution in [3.63, 3.8) is 0 Å². The Hall–Kier alpha value is -2.83. The molecule has 1 aromatic heterocycles. The second-order valence-corrected chi connectivity index (χ2v) is 6.18. The van der Waals surface area contributed by atoms with E-state index in [2.05, 4.69) is 15.3 Å². The fourth-order valence-electron chi connectivity index (χ4n) is 2.91. The number of amides is 2. The number of hydrogen-bond donors (Lipinski definition) is 1. The number of likely N-dealkylation sites (tertiary alicyclic amines) is 1. The number of ether oxygens (including phenoxy) is 2. The van der Waals surface area contributed by atoms with E-state index in [4.69, 9.17) is 9.47 Å². The maximum absolute atomic E-state index is 12.3. The summed E-state index contributed by atoms with van der Waals surface area (Å²) in [6.45, 7) is 1.98. The minimum atomic E-state index is -0.0148. The Morgan fingerprint density at radius 1 is 1.23 bits per heavy atom. The van der Waals surface area contributed by atoms with E-state index in [0.717, 1.165) is 25.0 Å². The van der Waals surface area contributed by atoms with Crippen molar-refractivity contribution >= 4 is 6.03 Å². The fraction of sp³-hybridized carbons (Fsp3) is 0.421. The first-order chi connectivity index (χ1) is 12.7. The van der Waals surface area contributed by atoms with Crippen molar-refractivity contribution in [1.29, 1.82) is 0 Å². The van der Waals surface area contributed by atoms with Crippen molar-refractivity contribution in [3.8, 4) is 11.6 Å². The molecule has 0 bridgehead atoms. The standard InChI is InChI=1S/C19H24N4O3/c1-25-16-4-2-15(3-5-16)6-11-21-19(24)23-12-8-17(9-13-23)26-18-7-10-20-14-22-18/h2-5,7,10,14,17H,6,8-9,11-13H2,1H3,(H,21,24). The summed E-state index contributed by atoms with van der Waals surface area (Å²) >= 11 is 0. The van der Waals surface area contributed by atoms with Crippen molar-refractivity contribution in [2.75, 3.05) is 26.7 Å². The lowest BCUT2D eigenvalue weighted by Gasteiger charge is -2.31. The van der Waals surface area contributed by atoms with Crippen molar-refractivity contribution < 1.29 is 14.3 Å². The number of nitrogens with zero attached hydrogens (tertiary/aromatic N) is 3. The summed E-state index contributed by atoms with van der Waals surface area (Å²) in [5.74, 6) is 1.42. The predicted octanol–water partition coefficient (Wildman–Crippen LogP) is 2.28. The number of carbonyl (C=O) groups is 1. The zero-order valence-electron chi connectivity index (χ0n) is 14.9. The molecule has 7 heteroatoms. The Bertz CT molecular complexity index is 686. The zero-order valence-corrected chi connectivity index (χ0v) is 14.9. The quantitative estimate of drug-likeness (QED) is 0.859. The van der Waals surface area contributed by atoms with E-state index in [9.17, 15) is 4.79 Å². The van der Waals surface area contributed by atoms with E-state index in [1.807, 2.05) is 29.2 Å². The van der Waals surface area contributed by atoms with Gasteiger partial charge in [-0.15, -0.1) is 0 Å². The third-order valence-electron chi connectivity index (χ3n) is 4.42. The van der Waals surface area contributed by atoms with Crippen molar-refractivity contribution in [3.05, 3.63) is 48.4 Å². The number of benzene rings is 1. The molecule has 0 unspecified atom stereocenters. The summed E-state index contributed by atoms with van der Waals surface area (Å²) in [5, 5.41) is 2.99. The maximum Gasteiger partial charge on any atom is 0.317 e. The molecule has 0 aliphatic carbocycles. The first-order valence-electron chi connectivity index (χ1n) is 8.83. The van der Waals surface area contributed by atoms with Crippen LogP contribution in [0, 0.1) is 0 Å². The van der Waals surface area contributed by atoms with Gasteiger partial charge < -0.3 is 19.7 Å². The van der Waals surface area contributed by atoms with Gasteiger partial charge in [0, 0.05) is 44.7 Å². The third-order valence-corrected chi connectivity index (χ3v) is 4.42. The Kier molecular flexibility index (Phi) is 6.24. The minimum Gasteiger partial charge on any atom is -0.497 e. The van der Waals surface area contributed by atoms with Gasteiger partial charge in [0.2, 0.25) is 5.88 Å². The van der Waals surface area contributed by atoms with Crippen molar-refractivity contribution in [2.45, 2.75) is 25.4 Å². The second-order valence-electron chi connectivity index (χ2n) is 6.18. The number of urea groups is 1. The van der Waals surface area contributed by atoms with Gasteiger partial charge in [-0.2, -0.15) is 0 Å². The van der Waals surface area contributed by atoms with Crippen molar-refractivity contribution in [2.24, 2.45) is 0 Å². The summed E-state index contributed by atoms with van der Waals surface area (Å²) < 4.78 is 11.0. The topological polar surface area (TPSA) is 76.6 Å². The molecule has 0 radical (unpaired) electrons. The average molecular weight is 356 g/mol. The number of aromatic nitrogens is 2. The molecule has 1 aliphatic heterocycles. The van der Waals surface area contributed by atoms with Crippen LogP contribution in [-0.4, -0.2) is 53.7 Å². The van der Waals surface area contributed by atoms with E-state index < -0.39 is 0 Å². The molecule has 26 heavy (non-hydrogen) atoms. The Morgan fingerprint density at radius 2 is 2.00 bits per heavy atom. The number of methoxy groups -OCH3 is 1. The van der Waals surface area contributed by atoms with E-state index in [-0.39, 0.29) is 12.1 Å². The third kappa shape index (κ3) is 5.08. The van der Waals surface area contributed by atoms with Gasteiger partial charge in [0.25, 0.3) is 0 Å². The van der Waals surface area contributed by atoms with E-state index in [0.29, 0.717) is 25.5 Å². The molecule has 2 amide bonds. The molecule has 2 heterocycles. The van der Waals surface area contributed by atoms with Gasteiger partial charge in [-0.05, 0) is 24.1 Å². The lowest BCUT2D eigenvalue weighted by molar-refractivity contribution is 0.107. The summed E-state index contributed by atoms with van der Waals surface area (Å²) in [5.41, 5.74) is 1.17. The van der Waals surface area contributed by atoms with E-state index in [1.165, 1.54) is 11.9 Å². The van der Waals surface area contributed by atoms with Gasteiger partial charge in [0.1, 0.15) is 18.2 Å². The average Bonchev–Trinajstić information content (AvgIpc) is 2.70. The normalized spacial score (nSPS) is 14.7. The molecule has 7 nitrogen and oxygen atoms in total. The maximum atomic E-state index is 12.3. The van der Waals surface area contributed by atoms with Gasteiger partial charge >= 0.3 is 6.03 Å². The highest BCUT2D eigenvalue weighted by molar-refractivity contribution is 5.74. The highest BCUT2D eigenvalue weighted by Crippen LogP contribution is 2.16. The van der Waals surface area contributed by atoms with Crippen LogP contribution < -0.4 is 14.8 Å². The number of nitrogens with one attached hydrogen (secondary N) is 1. The zero-order chi connectivity index (χ0) is 18.2. The molecule has 1 aromatic carbocycles. The van der Waals surface area contributed by atoms with E-state index >= 15 is 0 Å². The van der Waals surface area contributed by atoms with Gasteiger partial charge in [-0.25, -0.2) is 14.8 Å². The summed E-state index contributed by atoms with van der Waals surface area (Å²) in [7, 11) is 1.65. The smallest absolute Gasteiger partial charge is 0.317 e. The highest BCUT2D eigenvalue weighted by atomic mass is 16.5. The molecule has 1 fully saturated rings. The number of carbonyl (C=O) groups excluding carboxylic acids is 1. The summed E-state index contributed by atoms with van der Waals surface area (Å²) in [6.07, 6.45) is 5.62. The monoisotopic (exact) mass is 356 g/mol. The number of piperidine rings is 1. The molecule has 1 saturated heterocycles. The van der Waals surface area contributed by atoms with Gasteiger partial charge in [-0.3, -0.25) is 0 Å². The van der Waals surface area contributed by atoms with Gasteiger partial charge in [0.15, 0.2) is 0 Å². The molecule has 0 atom stereocenters. The van der Waals surface area contributed by atoms with Crippen LogP contribution in [0.3, 0.4) is 0 Å². The largest absolute Gasteiger partial charge is 0.497 e. The van der Waals surface area contributed by atoms with Crippen LogP contribution in [0.15, 0.2) is 42.9 Å². The molecular formula is C19H24N4O3. The van der Waals surface area contributed by atoms with Crippen LogP contribution in [0.4, 0.5) is 4.79 Å². The lowest BCUT2D eigenvalue weighted by Crippen LogP contribution is -2.46. The SMILES string of the molecule is COc1ccc(CCNC(=O)N2CCC(Oc3ccncn3)CC2)cc1. The van der Waals surface area contributed by atoms with Gasteiger partial charge in [0.05, 0.1) is 7.11 Å². The van der Waals surface area contributed by atoms with Crippen molar-refractivity contribution in [1.82, 2.24) is 20.2 Å². The minimum absolute atomic E-state index is 0.0148. The van der Waals surface area contributed by atoms with Crippen LogP contribution >= 0.6 is 0 Å². The Labute approximate surface area is 153 Å². The molecule has 0 spiro atoms. The van der Waals surface area contributed by atoms with Crippen LogP contribution in [-0.2, 0) is 6.42 Å². The Balaban J connectivity index is 1.36. The van der Waals surface area contributed by atoms with Gasteiger partial charge in [-0.1, -0.05) is 12.1 Å². The highest BCUT2D eigenvalue weighted by Gasteiger charge is 2.23. The Morgan fingerprint density at radius 3 is 2.65 bits per heavy atom. The second kappa shape index (κ2) is 9.03. The molecule has 138 valence electrons. The van der Waals surface area contributed by atoms with Crippen LogP contribution in [0.2, 0.25) is 0 Å². The van der Waals surface area contributed by atoms with E-state index in [1.54, 1.807) is 19.4 Å². The fourth-order valence-corrected chi connectivity index (χ4v) is 2.91. The predicted molar refractivity (Wildman–Crippen MR) is 97.4 cm³/mol.